The molecule has 0 saturated carbocycles. The van der Waals surface area contributed by atoms with Crippen LogP contribution in [0, 0.1) is 0 Å². The van der Waals surface area contributed by atoms with Crippen molar-refractivity contribution < 1.29 is 33.6 Å². The first kappa shape index (κ1) is 27.6. The van der Waals surface area contributed by atoms with Gasteiger partial charge < -0.3 is 24.1 Å². The average Bonchev–Trinajstić information content (AvgIpc) is 3.22. The minimum Gasteiger partial charge on any atom is -0.507 e. The highest BCUT2D eigenvalue weighted by Gasteiger charge is 2.47. The summed E-state index contributed by atoms with van der Waals surface area (Å²) in [5.41, 5.74) is 1.34. The Labute approximate surface area is 228 Å². The van der Waals surface area contributed by atoms with Gasteiger partial charge in [0.15, 0.2) is 0 Å². The fraction of sp³-hybridized carbons (Fsp3) is 0.290. The van der Waals surface area contributed by atoms with Crippen molar-refractivity contribution in [2.75, 3.05) is 31.8 Å². The van der Waals surface area contributed by atoms with E-state index in [4.69, 9.17) is 18.9 Å². The summed E-state index contributed by atoms with van der Waals surface area (Å²) < 4.78 is 22.5. The Hall–Kier alpha value is -4.46. The lowest BCUT2D eigenvalue weighted by Gasteiger charge is -2.26. The van der Waals surface area contributed by atoms with Crippen molar-refractivity contribution in [2.24, 2.45) is 0 Å². The molecule has 0 bridgehead atoms. The quantitative estimate of drug-likeness (QED) is 0.187. The third-order valence-electron chi connectivity index (χ3n) is 6.26. The summed E-state index contributed by atoms with van der Waals surface area (Å²) in [4.78, 5) is 28.5. The van der Waals surface area contributed by atoms with Crippen LogP contribution in [0.5, 0.6) is 23.0 Å². The lowest BCUT2D eigenvalue weighted by molar-refractivity contribution is -0.132. The molecule has 1 amide bonds. The first-order chi connectivity index (χ1) is 18.9. The first-order valence-electron chi connectivity index (χ1n) is 13.0. The second-order valence-corrected chi connectivity index (χ2v) is 8.81. The number of carbonyl (C=O) groups is 2. The maximum Gasteiger partial charge on any atom is 0.300 e. The standard InChI is InChI=1S/C31H33NO7/c1-5-17-39-23-10-8-9-20(18-23)28-27(29(33)25-16-15-24(37-6-2)19-26(25)38-7-3)30(34)31(35)32(28)21-11-13-22(36-4)14-12-21/h8-16,18-19,28,33H,5-7,17H2,1-4H3/b29-27+. The molecule has 1 aliphatic rings. The predicted molar refractivity (Wildman–Crippen MR) is 149 cm³/mol. The van der Waals surface area contributed by atoms with Gasteiger partial charge in [0, 0.05) is 11.8 Å². The van der Waals surface area contributed by atoms with Crippen molar-refractivity contribution in [1.29, 1.82) is 0 Å². The summed E-state index contributed by atoms with van der Waals surface area (Å²) in [7, 11) is 1.55. The Kier molecular flexibility index (Phi) is 8.76. The zero-order valence-electron chi connectivity index (χ0n) is 22.6. The topological polar surface area (TPSA) is 94.5 Å². The molecule has 0 radical (unpaired) electrons. The van der Waals surface area contributed by atoms with E-state index < -0.39 is 17.7 Å². The van der Waals surface area contributed by atoms with Crippen LogP contribution in [0.15, 0.2) is 72.3 Å². The molecule has 204 valence electrons. The van der Waals surface area contributed by atoms with Crippen molar-refractivity contribution in [3.63, 3.8) is 0 Å². The summed E-state index contributed by atoms with van der Waals surface area (Å²) in [6, 6.07) is 18.1. The number of rotatable bonds is 11. The van der Waals surface area contributed by atoms with Crippen LogP contribution in [0.2, 0.25) is 0 Å². The Balaban J connectivity index is 1.92. The molecule has 3 aromatic rings. The fourth-order valence-corrected chi connectivity index (χ4v) is 4.53. The molecule has 1 N–H and O–H groups in total. The number of nitrogens with zero attached hydrogens (tertiary/aromatic N) is 1. The zero-order valence-corrected chi connectivity index (χ0v) is 22.6. The maximum atomic E-state index is 13.6. The molecule has 1 unspecified atom stereocenters. The fourth-order valence-electron chi connectivity index (χ4n) is 4.53. The van der Waals surface area contributed by atoms with E-state index in [-0.39, 0.29) is 16.9 Å². The normalized spacial score (nSPS) is 16.3. The van der Waals surface area contributed by atoms with Crippen LogP contribution in [-0.4, -0.2) is 43.7 Å². The molecule has 3 aromatic carbocycles. The summed E-state index contributed by atoms with van der Waals surface area (Å²) in [6.45, 7) is 7.01. The van der Waals surface area contributed by atoms with E-state index in [1.807, 2.05) is 26.8 Å². The van der Waals surface area contributed by atoms with Gasteiger partial charge in [-0.1, -0.05) is 19.1 Å². The molecule has 0 aliphatic carbocycles. The van der Waals surface area contributed by atoms with Crippen molar-refractivity contribution in [1.82, 2.24) is 0 Å². The third kappa shape index (κ3) is 5.70. The number of hydrogen-bond donors (Lipinski definition) is 1. The number of ketones is 1. The van der Waals surface area contributed by atoms with Gasteiger partial charge in [0.25, 0.3) is 11.7 Å². The van der Waals surface area contributed by atoms with E-state index in [0.29, 0.717) is 54.1 Å². The van der Waals surface area contributed by atoms with E-state index in [2.05, 4.69) is 0 Å². The Bertz CT molecular complexity index is 1360. The highest BCUT2D eigenvalue weighted by Crippen LogP contribution is 2.44. The van der Waals surface area contributed by atoms with Gasteiger partial charge in [-0.3, -0.25) is 14.5 Å². The summed E-state index contributed by atoms with van der Waals surface area (Å²) >= 11 is 0. The van der Waals surface area contributed by atoms with Crippen LogP contribution in [0.1, 0.15) is 44.4 Å². The lowest BCUT2D eigenvalue weighted by atomic mass is 9.94. The highest BCUT2D eigenvalue weighted by atomic mass is 16.5. The minimum absolute atomic E-state index is 0.0476. The van der Waals surface area contributed by atoms with Crippen molar-refractivity contribution >= 4 is 23.1 Å². The number of aliphatic hydroxyl groups excluding tert-OH is 1. The number of carbonyl (C=O) groups excluding carboxylic acids is 2. The first-order valence-corrected chi connectivity index (χ1v) is 13.0. The van der Waals surface area contributed by atoms with E-state index >= 15 is 0 Å². The second kappa shape index (κ2) is 12.4. The Morgan fingerprint density at radius 1 is 0.846 bits per heavy atom. The predicted octanol–water partition coefficient (Wildman–Crippen LogP) is 5.91. The Morgan fingerprint density at radius 3 is 2.21 bits per heavy atom. The Morgan fingerprint density at radius 2 is 1.54 bits per heavy atom. The number of Topliss-reactive ketones (excluding diaryl/α,β-unsaturated/α-hetero) is 1. The van der Waals surface area contributed by atoms with Crippen LogP contribution in [0.4, 0.5) is 5.69 Å². The molecule has 0 aromatic heterocycles. The van der Waals surface area contributed by atoms with Gasteiger partial charge in [-0.25, -0.2) is 0 Å². The zero-order chi connectivity index (χ0) is 27.9. The van der Waals surface area contributed by atoms with E-state index in [9.17, 15) is 14.7 Å². The molecule has 8 heteroatoms. The number of aliphatic hydroxyl groups is 1. The number of ether oxygens (including phenoxy) is 4. The monoisotopic (exact) mass is 531 g/mol. The number of benzene rings is 3. The largest absolute Gasteiger partial charge is 0.507 e. The SMILES string of the molecule is CCCOc1cccc(C2/C(=C(\O)c3ccc(OCC)cc3OCC)C(=O)C(=O)N2c2ccc(OC)cc2)c1. The van der Waals surface area contributed by atoms with Gasteiger partial charge >= 0.3 is 0 Å². The lowest BCUT2D eigenvalue weighted by Crippen LogP contribution is -2.29. The summed E-state index contributed by atoms with van der Waals surface area (Å²) in [5, 5.41) is 11.6. The number of methoxy groups -OCH3 is 1. The van der Waals surface area contributed by atoms with E-state index in [1.165, 1.54) is 4.90 Å². The molecule has 1 saturated heterocycles. The molecule has 1 atom stereocenters. The van der Waals surface area contributed by atoms with Gasteiger partial charge in [0.1, 0.15) is 28.8 Å². The number of anilines is 1. The van der Waals surface area contributed by atoms with Gasteiger partial charge in [0.05, 0.1) is 44.1 Å². The van der Waals surface area contributed by atoms with Crippen LogP contribution >= 0.6 is 0 Å². The van der Waals surface area contributed by atoms with Gasteiger partial charge in [-0.2, -0.15) is 0 Å². The van der Waals surface area contributed by atoms with E-state index in [0.717, 1.165) is 6.42 Å². The molecule has 8 nitrogen and oxygen atoms in total. The maximum absolute atomic E-state index is 13.6. The average molecular weight is 532 g/mol. The smallest absolute Gasteiger partial charge is 0.300 e. The van der Waals surface area contributed by atoms with Crippen LogP contribution in [0.3, 0.4) is 0 Å². The van der Waals surface area contributed by atoms with Crippen molar-refractivity contribution in [2.45, 2.75) is 33.2 Å². The molecular formula is C31H33NO7. The van der Waals surface area contributed by atoms with E-state index in [1.54, 1.807) is 67.8 Å². The number of hydrogen-bond acceptors (Lipinski definition) is 7. The van der Waals surface area contributed by atoms with Crippen LogP contribution in [0.25, 0.3) is 5.76 Å². The van der Waals surface area contributed by atoms with Gasteiger partial charge in [0.2, 0.25) is 0 Å². The van der Waals surface area contributed by atoms with Crippen molar-refractivity contribution in [3.05, 3.63) is 83.4 Å². The molecule has 0 spiro atoms. The second-order valence-electron chi connectivity index (χ2n) is 8.81. The highest BCUT2D eigenvalue weighted by molar-refractivity contribution is 6.51. The molecule has 1 fully saturated rings. The molecule has 4 rings (SSSR count). The summed E-state index contributed by atoms with van der Waals surface area (Å²) in [6.07, 6.45) is 0.826. The summed E-state index contributed by atoms with van der Waals surface area (Å²) in [5.74, 6) is 0.230. The van der Waals surface area contributed by atoms with Crippen molar-refractivity contribution in [3.8, 4) is 23.0 Å². The minimum atomic E-state index is -0.912. The van der Waals surface area contributed by atoms with Crippen LogP contribution < -0.4 is 23.8 Å². The molecule has 39 heavy (non-hydrogen) atoms. The molecule has 1 aliphatic heterocycles. The number of amides is 1. The van der Waals surface area contributed by atoms with Gasteiger partial charge in [-0.05, 0) is 74.4 Å². The molecular weight excluding hydrogens is 498 g/mol. The van der Waals surface area contributed by atoms with Gasteiger partial charge in [-0.15, -0.1) is 0 Å². The van der Waals surface area contributed by atoms with Crippen LogP contribution in [-0.2, 0) is 9.59 Å². The molecule has 1 heterocycles. The third-order valence-corrected chi connectivity index (χ3v) is 6.26.